The van der Waals surface area contributed by atoms with E-state index in [0.29, 0.717) is 5.92 Å². The van der Waals surface area contributed by atoms with Crippen molar-refractivity contribution in [3.05, 3.63) is 44.0 Å². The fourth-order valence-corrected chi connectivity index (χ4v) is 2.41. The maximum Gasteiger partial charge on any atom is 0.338 e. The highest BCUT2D eigenvalue weighted by atomic mass is 16.6. The molecule has 21 heavy (non-hydrogen) atoms. The van der Waals surface area contributed by atoms with Crippen LogP contribution < -0.4 is 0 Å². The number of hydrogen-bond donors (Lipinski definition) is 0. The number of nitrogens with zero attached hydrogens (tertiary/aromatic N) is 2. The number of non-ortho nitro benzene ring substituents is 2. The summed E-state index contributed by atoms with van der Waals surface area (Å²) in [7, 11) is 0. The first kappa shape index (κ1) is 14.9. The number of ether oxygens (including phenoxy) is 1. The van der Waals surface area contributed by atoms with Crippen LogP contribution in [-0.2, 0) is 4.74 Å². The first-order chi connectivity index (χ1) is 9.86. The van der Waals surface area contributed by atoms with Crippen molar-refractivity contribution in [3.63, 3.8) is 0 Å². The Morgan fingerprint density at radius 2 is 1.71 bits per heavy atom. The highest BCUT2D eigenvalue weighted by Gasteiger charge is 2.27. The molecule has 0 heterocycles. The zero-order valence-corrected chi connectivity index (χ0v) is 11.4. The molecule has 0 radical (unpaired) electrons. The molecular formula is C13H14N2O6. The maximum atomic E-state index is 12.0. The van der Waals surface area contributed by atoms with Gasteiger partial charge in [-0.1, -0.05) is 6.92 Å². The fourth-order valence-electron chi connectivity index (χ4n) is 2.41. The van der Waals surface area contributed by atoms with E-state index in [-0.39, 0.29) is 11.7 Å². The van der Waals surface area contributed by atoms with Crippen LogP contribution in [0.1, 0.15) is 36.5 Å². The number of carbonyl (C=O) groups excluding carboxylic acids is 1. The molecule has 0 N–H and O–H groups in total. The largest absolute Gasteiger partial charge is 0.459 e. The van der Waals surface area contributed by atoms with Gasteiger partial charge in [-0.15, -0.1) is 0 Å². The maximum absolute atomic E-state index is 12.0. The van der Waals surface area contributed by atoms with Crippen LogP contribution in [0.2, 0.25) is 0 Å². The molecule has 1 aliphatic rings. The predicted octanol–water partition coefficient (Wildman–Crippen LogP) is 2.85. The van der Waals surface area contributed by atoms with E-state index < -0.39 is 27.2 Å². The first-order valence-corrected chi connectivity index (χ1v) is 6.51. The van der Waals surface area contributed by atoms with Crippen molar-refractivity contribution < 1.29 is 19.4 Å². The normalized spacial score (nSPS) is 21.0. The number of benzene rings is 1. The molecule has 8 heteroatoms. The average Bonchev–Trinajstić information content (AvgIpc) is 2.83. The summed E-state index contributed by atoms with van der Waals surface area (Å²) < 4.78 is 5.25. The lowest BCUT2D eigenvalue weighted by atomic mass is 10.1. The lowest BCUT2D eigenvalue weighted by Gasteiger charge is -2.11. The van der Waals surface area contributed by atoms with Gasteiger partial charge in [0.15, 0.2) is 0 Å². The summed E-state index contributed by atoms with van der Waals surface area (Å²) in [6.45, 7) is 2.05. The topological polar surface area (TPSA) is 113 Å². The Kier molecular flexibility index (Phi) is 4.15. The quantitative estimate of drug-likeness (QED) is 0.479. The smallest absolute Gasteiger partial charge is 0.338 e. The minimum Gasteiger partial charge on any atom is -0.459 e. The highest BCUT2D eigenvalue weighted by molar-refractivity contribution is 5.91. The van der Waals surface area contributed by atoms with E-state index in [2.05, 4.69) is 0 Å². The number of rotatable bonds is 4. The predicted molar refractivity (Wildman–Crippen MR) is 72.0 cm³/mol. The van der Waals surface area contributed by atoms with Gasteiger partial charge in [-0.2, -0.15) is 0 Å². The third kappa shape index (κ3) is 3.53. The van der Waals surface area contributed by atoms with Crippen molar-refractivity contribution in [1.29, 1.82) is 0 Å². The molecule has 1 aromatic carbocycles. The van der Waals surface area contributed by atoms with Crippen LogP contribution in [0, 0.1) is 26.1 Å². The van der Waals surface area contributed by atoms with E-state index in [1.807, 2.05) is 6.92 Å². The van der Waals surface area contributed by atoms with E-state index in [9.17, 15) is 25.0 Å². The molecule has 1 aromatic rings. The lowest BCUT2D eigenvalue weighted by molar-refractivity contribution is -0.394. The van der Waals surface area contributed by atoms with E-state index in [0.717, 1.165) is 37.5 Å². The van der Waals surface area contributed by atoms with Crippen molar-refractivity contribution in [2.75, 3.05) is 0 Å². The van der Waals surface area contributed by atoms with E-state index in [1.165, 1.54) is 0 Å². The molecular weight excluding hydrogens is 280 g/mol. The summed E-state index contributed by atoms with van der Waals surface area (Å²) in [5.74, 6) is -0.303. The van der Waals surface area contributed by atoms with E-state index >= 15 is 0 Å². The lowest BCUT2D eigenvalue weighted by Crippen LogP contribution is -2.15. The van der Waals surface area contributed by atoms with Gasteiger partial charge in [0.2, 0.25) is 0 Å². The van der Waals surface area contributed by atoms with Crippen LogP contribution in [0.25, 0.3) is 0 Å². The van der Waals surface area contributed by atoms with Crippen molar-refractivity contribution in [1.82, 2.24) is 0 Å². The summed E-state index contributed by atoms with van der Waals surface area (Å²) in [5, 5.41) is 21.5. The van der Waals surface area contributed by atoms with Crippen molar-refractivity contribution in [2.24, 2.45) is 5.92 Å². The minimum atomic E-state index is -0.776. The van der Waals surface area contributed by atoms with Crippen molar-refractivity contribution in [3.8, 4) is 0 Å². The number of hydrogen-bond acceptors (Lipinski definition) is 6. The Morgan fingerprint density at radius 1 is 1.14 bits per heavy atom. The molecule has 0 spiro atoms. The van der Waals surface area contributed by atoms with E-state index in [4.69, 9.17) is 4.74 Å². The van der Waals surface area contributed by atoms with Crippen LogP contribution in [0.3, 0.4) is 0 Å². The third-order valence-electron chi connectivity index (χ3n) is 3.48. The molecule has 0 unspecified atom stereocenters. The number of nitro benzene ring substituents is 2. The Morgan fingerprint density at radius 3 is 2.14 bits per heavy atom. The molecule has 2 rings (SSSR count). The molecule has 1 fully saturated rings. The fraction of sp³-hybridized carbons (Fsp3) is 0.462. The van der Waals surface area contributed by atoms with Gasteiger partial charge >= 0.3 is 5.97 Å². The second kappa shape index (κ2) is 5.86. The highest BCUT2D eigenvalue weighted by Crippen LogP contribution is 2.29. The molecule has 0 amide bonds. The standard InChI is InChI=1S/C13H14N2O6/c1-8-2-3-12(4-8)21-13(16)9-5-10(14(17)18)7-11(6-9)15(19)20/h5-8,12H,2-4H2,1H3/t8-,12+/m0/s1. The van der Waals surface area contributed by atoms with Crippen molar-refractivity contribution >= 4 is 17.3 Å². The Bertz CT molecular complexity index is 568. The summed E-state index contributed by atoms with van der Waals surface area (Å²) in [6, 6.07) is 2.80. The molecule has 2 atom stereocenters. The monoisotopic (exact) mass is 294 g/mol. The average molecular weight is 294 g/mol. The van der Waals surface area contributed by atoms with Crippen molar-refractivity contribution in [2.45, 2.75) is 32.3 Å². The van der Waals surface area contributed by atoms with Gasteiger partial charge in [0.05, 0.1) is 21.5 Å². The molecule has 0 saturated heterocycles. The van der Waals surface area contributed by atoms with Crippen LogP contribution in [0.4, 0.5) is 11.4 Å². The Hall–Kier alpha value is -2.51. The Balaban J connectivity index is 2.23. The van der Waals surface area contributed by atoms with Gasteiger partial charge in [0, 0.05) is 12.1 Å². The molecule has 1 aliphatic carbocycles. The summed E-state index contributed by atoms with van der Waals surface area (Å²) in [4.78, 5) is 32.0. The van der Waals surface area contributed by atoms with E-state index in [1.54, 1.807) is 0 Å². The first-order valence-electron chi connectivity index (χ1n) is 6.51. The van der Waals surface area contributed by atoms with Gasteiger partial charge in [-0.3, -0.25) is 20.2 Å². The summed E-state index contributed by atoms with van der Waals surface area (Å²) >= 11 is 0. The zero-order valence-electron chi connectivity index (χ0n) is 11.4. The van der Waals surface area contributed by atoms with Gasteiger partial charge in [-0.05, 0) is 25.2 Å². The van der Waals surface area contributed by atoms with Crippen LogP contribution in [0.15, 0.2) is 18.2 Å². The Labute approximate surface area is 120 Å². The molecule has 8 nitrogen and oxygen atoms in total. The van der Waals surface area contributed by atoms with Crippen LogP contribution in [-0.4, -0.2) is 21.9 Å². The van der Waals surface area contributed by atoms with Gasteiger partial charge < -0.3 is 4.74 Å². The molecule has 112 valence electrons. The van der Waals surface area contributed by atoms with Gasteiger partial charge in [-0.25, -0.2) is 4.79 Å². The second-order valence-corrected chi connectivity index (χ2v) is 5.20. The van der Waals surface area contributed by atoms with Gasteiger partial charge in [0.1, 0.15) is 6.10 Å². The van der Waals surface area contributed by atoms with Crippen LogP contribution >= 0.6 is 0 Å². The van der Waals surface area contributed by atoms with Crippen LogP contribution in [0.5, 0.6) is 0 Å². The summed E-state index contributed by atoms with van der Waals surface area (Å²) in [6.07, 6.45) is 2.20. The SMILES string of the molecule is C[C@H]1CC[C@@H](OC(=O)c2cc([N+](=O)[O-])cc([N+](=O)[O-])c2)C1. The molecule has 0 aliphatic heterocycles. The molecule has 1 saturated carbocycles. The number of nitro groups is 2. The number of esters is 1. The van der Waals surface area contributed by atoms with Gasteiger partial charge in [0.25, 0.3) is 11.4 Å². The summed E-state index contributed by atoms with van der Waals surface area (Å²) in [5.41, 5.74) is -1.18. The zero-order chi connectivity index (χ0) is 15.6. The second-order valence-electron chi connectivity index (χ2n) is 5.20. The number of carbonyl (C=O) groups is 1. The molecule has 0 aromatic heterocycles. The minimum absolute atomic E-state index is 0.171. The molecule has 0 bridgehead atoms. The third-order valence-corrected chi connectivity index (χ3v) is 3.48.